The van der Waals surface area contributed by atoms with Crippen molar-refractivity contribution in [3.63, 3.8) is 0 Å². The minimum atomic E-state index is -1.03. The highest BCUT2D eigenvalue weighted by atomic mass is 16.4. The van der Waals surface area contributed by atoms with Crippen molar-refractivity contribution in [2.45, 2.75) is 77.6 Å². The Morgan fingerprint density at radius 2 is 1.39 bits per heavy atom. The molecule has 0 fully saturated rings. The van der Waals surface area contributed by atoms with Gasteiger partial charge in [-0.25, -0.2) is 4.79 Å². The molecule has 0 aromatic heterocycles. The van der Waals surface area contributed by atoms with Crippen molar-refractivity contribution in [1.29, 1.82) is 0 Å². The average molecular weight is 320 g/mol. The fourth-order valence-electron chi connectivity index (χ4n) is 2.25. The Labute approximate surface area is 141 Å². The highest BCUT2D eigenvalue weighted by Gasteiger charge is 1.93. The number of aliphatic carboxylic acids is 1. The van der Waals surface area contributed by atoms with Crippen LogP contribution < -0.4 is 0 Å². The SMILES string of the molecule is CCCCCCCCCCCC=CC=CC(=O)CC=CC(=O)O. The van der Waals surface area contributed by atoms with Crippen molar-refractivity contribution in [1.82, 2.24) is 0 Å². The standard InChI is InChI=1S/C20H32O3/c1-2-3-4-5-6-7-8-9-10-11-12-13-14-16-19(21)17-15-18-20(22)23/h12-16,18H,2-11,17H2,1H3,(H,22,23). The van der Waals surface area contributed by atoms with Gasteiger partial charge in [-0.15, -0.1) is 0 Å². The van der Waals surface area contributed by atoms with Crippen LogP contribution in [0.4, 0.5) is 0 Å². The molecule has 3 heteroatoms. The van der Waals surface area contributed by atoms with E-state index in [1.54, 1.807) is 6.08 Å². The lowest BCUT2D eigenvalue weighted by Crippen LogP contribution is -1.91. The van der Waals surface area contributed by atoms with Gasteiger partial charge < -0.3 is 5.11 Å². The van der Waals surface area contributed by atoms with E-state index in [4.69, 9.17) is 5.11 Å². The number of carboxylic acid groups (broad SMARTS) is 1. The third-order valence-corrected chi connectivity index (χ3v) is 3.58. The molecule has 0 saturated heterocycles. The minimum Gasteiger partial charge on any atom is -0.478 e. The molecule has 3 nitrogen and oxygen atoms in total. The third-order valence-electron chi connectivity index (χ3n) is 3.58. The lowest BCUT2D eigenvalue weighted by molar-refractivity contribution is -0.131. The second kappa shape index (κ2) is 16.7. The maximum atomic E-state index is 11.4. The Balaban J connectivity index is 3.44. The first kappa shape index (κ1) is 21.4. The van der Waals surface area contributed by atoms with Gasteiger partial charge in [0.2, 0.25) is 0 Å². The number of rotatable bonds is 15. The van der Waals surface area contributed by atoms with Crippen molar-refractivity contribution in [3.8, 4) is 0 Å². The lowest BCUT2D eigenvalue weighted by atomic mass is 10.1. The molecule has 1 N–H and O–H groups in total. The van der Waals surface area contributed by atoms with Crippen molar-refractivity contribution in [2.75, 3.05) is 0 Å². The maximum Gasteiger partial charge on any atom is 0.327 e. The Kier molecular flexibility index (Phi) is 15.5. The van der Waals surface area contributed by atoms with E-state index in [0.29, 0.717) is 0 Å². The van der Waals surface area contributed by atoms with Crippen LogP contribution in [0.5, 0.6) is 0 Å². The summed E-state index contributed by atoms with van der Waals surface area (Å²) in [4.78, 5) is 21.6. The number of hydrogen-bond donors (Lipinski definition) is 1. The number of unbranched alkanes of at least 4 members (excludes halogenated alkanes) is 9. The maximum absolute atomic E-state index is 11.4. The molecule has 0 rings (SSSR count). The molecule has 0 aromatic carbocycles. The molecular formula is C20H32O3. The van der Waals surface area contributed by atoms with Crippen LogP contribution >= 0.6 is 0 Å². The molecule has 0 saturated carbocycles. The minimum absolute atomic E-state index is 0.0878. The number of carbonyl (C=O) groups excluding carboxylic acids is 1. The predicted molar refractivity (Wildman–Crippen MR) is 96.5 cm³/mol. The van der Waals surface area contributed by atoms with Crippen LogP contribution in [-0.2, 0) is 9.59 Å². The van der Waals surface area contributed by atoms with E-state index in [1.165, 1.54) is 69.9 Å². The zero-order valence-corrected chi connectivity index (χ0v) is 14.5. The number of carboxylic acids is 1. The zero-order valence-electron chi connectivity index (χ0n) is 14.5. The molecule has 0 atom stereocenters. The van der Waals surface area contributed by atoms with Gasteiger partial charge in [0.05, 0.1) is 0 Å². The Hall–Kier alpha value is -1.64. The van der Waals surface area contributed by atoms with E-state index >= 15 is 0 Å². The van der Waals surface area contributed by atoms with E-state index < -0.39 is 5.97 Å². The Morgan fingerprint density at radius 3 is 2.00 bits per heavy atom. The van der Waals surface area contributed by atoms with Gasteiger partial charge in [-0.3, -0.25) is 4.79 Å². The van der Waals surface area contributed by atoms with Crippen molar-refractivity contribution < 1.29 is 14.7 Å². The molecule has 130 valence electrons. The predicted octanol–water partition coefficient (Wildman–Crippen LogP) is 5.62. The second-order valence-electron chi connectivity index (χ2n) is 5.82. The van der Waals surface area contributed by atoms with Gasteiger partial charge >= 0.3 is 5.97 Å². The van der Waals surface area contributed by atoms with Gasteiger partial charge in [-0.05, 0) is 18.9 Å². The van der Waals surface area contributed by atoms with E-state index in [2.05, 4.69) is 13.0 Å². The molecule has 0 aliphatic carbocycles. The van der Waals surface area contributed by atoms with Gasteiger partial charge in [0.15, 0.2) is 5.78 Å². The molecule has 0 spiro atoms. The molecular weight excluding hydrogens is 288 g/mol. The fourth-order valence-corrected chi connectivity index (χ4v) is 2.25. The summed E-state index contributed by atoms with van der Waals surface area (Å²) in [7, 11) is 0. The number of hydrogen-bond acceptors (Lipinski definition) is 2. The van der Waals surface area contributed by atoms with Crippen LogP contribution in [-0.4, -0.2) is 16.9 Å². The van der Waals surface area contributed by atoms with Gasteiger partial charge in [0.1, 0.15) is 0 Å². The van der Waals surface area contributed by atoms with Gasteiger partial charge in [-0.2, -0.15) is 0 Å². The largest absolute Gasteiger partial charge is 0.478 e. The summed E-state index contributed by atoms with van der Waals surface area (Å²) in [6.45, 7) is 2.25. The molecule has 23 heavy (non-hydrogen) atoms. The summed E-state index contributed by atoms with van der Waals surface area (Å²) in [6.07, 6.45) is 22.7. The molecule has 0 unspecified atom stereocenters. The first-order valence-electron chi connectivity index (χ1n) is 8.92. The molecule has 0 aliphatic heterocycles. The van der Waals surface area contributed by atoms with E-state index in [-0.39, 0.29) is 12.2 Å². The van der Waals surface area contributed by atoms with Gasteiger partial charge in [0.25, 0.3) is 0 Å². The van der Waals surface area contributed by atoms with Crippen LogP contribution in [0.2, 0.25) is 0 Å². The summed E-state index contributed by atoms with van der Waals surface area (Å²) in [5.74, 6) is -1.11. The number of carbonyl (C=O) groups is 2. The quantitative estimate of drug-likeness (QED) is 0.242. The molecule has 0 amide bonds. The Bertz CT molecular complexity index is 392. The van der Waals surface area contributed by atoms with Crippen molar-refractivity contribution in [2.24, 2.45) is 0 Å². The molecule has 0 aromatic rings. The van der Waals surface area contributed by atoms with Crippen LogP contribution in [0.15, 0.2) is 36.5 Å². The molecule has 0 heterocycles. The third kappa shape index (κ3) is 18.3. The number of allylic oxidation sites excluding steroid dienone is 5. The summed E-state index contributed by atoms with van der Waals surface area (Å²) < 4.78 is 0. The van der Waals surface area contributed by atoms with Crippen molar-refractivity contribution in [3.05, 3.63) is 36.5 Å². The lowest BCUT2D eigenvalue weighted by Gasteiger charge is -2.00. The van der Waals surface area contributed by atoms with E-state index in [1.807, 2.05) is 6.08 Å². The molecule has 0 aliphatic rings. The van der Waals surface area contributed by atoms with E-state index in [0.717, 1.165) is 12.5 Å². The smallest absolute Gasteiger partial charge is 0.327 e. The normalized spacial score (nSPS) is 11.9. The summed E-state index contributed by atoms with van der Waals surface area (Å²) in [6, 6.07) is 0. The van der Waals surface area contributed by atoms with Gasteiger partial charge in [-0.1, -0.05) is 82.6 Å². The fraction of sp³-hybridized carbons (Fsp3) is 0.600. The molecule has 0 bridgehead atoms. The molecule has 0 radical (unpaired) electrons. The van der Waals surface area contributed by atoms with Crippen LogP contribution in [0.25, 0.3) is 0 Å². The highest BCUT2D eigenvalue weighted by molar-refractivity contribution is 5.91. The van der Waals surface area contributed by atoms with Crippen molar-refractivity contribution >= 4 is 11.8 Å². The van der Waals surface area contributed by atoms with Crippen LogP contribution in [0.3, 0.4) is 0 Å². The van der Waals surface area contributed by atoms with E-state index in [9.17, 15) is 9.59 Å². The first-order valence-corrected chi connectivity index (χ1v) is 8.92. The topological polar surface area (TPSA) is 54.4 Å². The van der Waals surface area contributed by atoms with Crippen LogP contribution in [0, 0.1) is 0 Å². The summed E-state index contributed by atoms with van der Waals surface area (Å²) in [5, 5.41) is 8.40. The first-order chi connectivity index (χ1) is 11.2. The zero-order chi connectivity index (χ0) is 17.2. The average Bonchev–Trinajstić information content (AvgIpc) is 2.51. The second-order valence-corrected chi connectivity index (χ2v) is 5.82. The number of ketones is 1. The Morgan fingerprint density at radius 1 is 0.783 bits per heavy atom. The summed E-state index contributed by atoms with van der Waals surface area (Å²) in [5.41, 5.74) is 0. The highest BCUT2D eigenvalue weighted by Crippen LogP contribution is 2.10. The monoisotopic (exact) mass is 320 g/mol. The van der Waals surface area contributed by atoms with Gasteiger partial charge in [0, 0.05) is 12.5 Å². The van der Waals surface area contributed by atoms with Crippen LogP contribution in [0.1, 0.15) is 77.6 Å². The summed E-state index contributed by atoms with van der Waals surface area (Å²) >= 11 is 0.